The minimum atomic E-state index is 0.178. The van der Waals surface area contributed by atoms with Gasteiger partial charge in [0.25, 0.3) is 0 Å². The monoisotopic (exact) mass is 264 g/mol. The predicted molar refractivity (Wildman–Crippen MR) is 80.7 cm³/mol. The third kappa shape index (κ3) is 4.09. The van der Waals surface area contributed by atoms with Gasteiger partial charge >= 0.3 is 0 Å². The number of nitrogens with zero attached hydrogens (tertiary/aromatic N) is 2. The van der Waals surface area contributed by atoms with Crippen LogP contribution in [0.3, 0.4) is 0 Å². The summed E-state index contributed by atoms with van der Waals surface area (Å²) in [7, 11) is 4.07. The van der Waals surface area contributed by atoms with Crippen LogP contribution in [0.1, 0.15) is 18.9 Å². The molecule has 0 radical (unpaired) electrons. The topological polar surface area (TPSA) is 53.6 Å². The van der Waals surface area contributed by atoms with Gasteiger partial charge in [0.15, 0.2) is 5.11 Å². The summed E-state index contributed by atoms with van der Waals surface area (Å²) in [6.45, 7) is 2.13. The Bertz CT molecular complexity index is 414. The van der Waals surface area contributed by atoms with Crippen molar-refractivity contribution in [2.75, 3.05) is 14.1 Å². The summed E-state index contributed by atoms with van der Waals surface area (Å²) in [6.07, 6.45) is 0.958. The highest BCUT2D eigenvalue weighted by Crippen LogP contribution is 2.11. The number of likely N-dealkylation sites (N-methyl/N-ethyl adjacent to an activating group) is 1. The fraction of sp³-hybridized carbons (Fsp3) is 0.385. The fourth-order valence-corrected chi connectivity index (χ4v) is 1.90. The summed E-state index contributed by atoms with van der Waals surface area (Å²) in [6, 6.07) is 10.3. The van der Waals surface area contributed by atoms with Gasteiger partial charge in [0, 0.05) is 0 Å². The molecule has 5 heteroatoms. The van der Waals surface area contributed by atoms with Crippen molar-refractivity contribution in [2.24, 2.45) is 10.8 Å². The van der Waals surface area contributed by atoms with E-state index in [1.54, 1.807) is 0 Å². The highest BCUT2D eigenvalue weighted by Gasteiger charge is 2.18. The molecule has 0 bridgehead atoms. The van der Waals surface area contributed by atoms with Gasteiger partial charge in [0.2, 0.25) is 0 Å². The molecular weight excluding hydrogens is 244 g/mol. The first kappa shape index (κ1) is 14.6. The number of hydrazone groups is 1. The van der Waals surface area contributed by atoms with E-state index in [2.05, 4.69) is 22.4 Å². The Hall–Kier alpha value is -1.46. The number of nitrogens with one attached hydrogen (secondary N) is 1. The third-order valence-electron chi connectivity index (χ3n) is 2.68. The van der Waals surface area contributed by atoms with Gasteiger partial charge in [-0.1, -0.05) is 37.3 Å². The van der Waals surface area contributed by atoms with Gasteiger partial charge in [-0.15, -0.1) is 0 Å². The molecular formula is C13H20N4S. The first-order valence-corrected chi connectivity index (χ1v) is 6.32. The molecule has 1 aromatic rings. The van der Waals surface area contributed by atoms with Crippen LogP contribution in [0.4, 0.5) is 0 Å². The molecule has 0 aliphatic carbocycles. The maximum atomic E-state index is 5.44. The predicted octanol–water partition coefficient (Wildman–Crippen LogP) is 1.56. The molecule has 1 atom stereocenters. The lowest BCUT2D eigenvalue weighted by Crippen LogP contribution is -2.38. The SMILES string of the molecule is CCC(C(=NNC(N)=S)c1ccccc1)N(C)C. The standard InChI is InChI=1S/C13H20N4S/c1-4-11(17(2)3)12(15-16-13(14)18)10-8-6-5-7-9-10/h5-9,11H,4H2,1-3H3,(H3,14,16,18). The molecule has 18 heavy (non-hydrogen) atoms. The molecule has 0 amide bonds. The second-order valence-corrected chi connectivity index (χ2v) is 4.67. The largest absolute Gasteiger partial charge is 0.375 e. The first-order valence-electron chi connectivity index (χ1n) is 5.91. The summed E-state index contributed by atoms with van der Waals surface area (Å²) in [4.78, 5) is 2.13. The zero-order valence-electron chi connectivity index (χ0n) is 11.1. The average molecular weight is 264 g/mol. The van der Waals surface area contributed by atoms with Crippen LogP contribution in [-0.2, 0) is 0 Å². The van der Waals surface area contributed by atoms with Crippen LogP contribution in [0, 0.1) is 0 Å². The summed E-state index contributed by atoms with van der Waals surface area (Å²) in [5.41, 5.74) is 10.1. The number of hydrogen-bond donors (Lipinski definition) is 2. The van der Waals surface area contributed by atoms with Crippen molar-refractivity contribution in [3.05, 3.63) is 35.9 Å². The lowest BCUT2D eigenvalue weighted by Gasteiger charge is -2.24. The smallest absolute Gasteiger partial charge is 0.184 e. The Labute approximate surface area is 114 Å². The zero-order valence-corrected chi connectivity index (χ0v) is 11.9. The summed E-state index contributed by atoms with van der Waals surface area (Å²) in [5, 5.41) is 4.52. The maximum absolute atomic E-state index is 5.44. The van der Waals surface area contributed by atoms with Gasteiger partial charge in [-0.05, 0) is 38.3 Å². The second-order valence-electron chi connectivity index (χ2n) is 4.23. The molecule has 1 aromatic carbocycles. The van der Waals surface area contributed by atoms with Crippen molar-refractivity contribution in [2.45, 2.75) is 19.4 Å². The molecule has 0 aliphatic rings. The van der Waals surface area contributed by atoms with Crippen molar-refractivity contribution in [1.82, 2.24) is 10.3 Å². The number of hydrogen-bond acceptors (Lipinski definition) is 3. The van der Waals surface area contributed by atoms with E-state index in [9.17, 15) is 0 Å². The van der Waals surface area contributed by atoms with E-state index in [0.29, 0.717) is 0 Å². The number of benzene rings is 1. The van der Waals surface area contributed by atoms with Crippen LogP contribution in [0.15, 0.2) is 35.4 Å². The highest BCUT2D eigenvalue weighted by molar-refractivity contribution is 7.80. The summed E-state index contributed by atoms with van der Waals surface area (Å²) in [5.74, 6) is 0. The number of thiocarbonyl (C=S) groups is 1. The summed E-state index contributed by atoms with van der Waals surface area (Å²) >= 11 is 4.80. The van der Waals surface area contributed by atoms with E-state index < -0.39 is 0 Å². The van der Waals surface area contributed by atoms with E-state index in [1.165, 1.54) is 0 Å². The Kier molecular flexibility index (Phi) is 5.74. The van der Waals surface area contributed by atoms with Crippen LogP contribution in [0.5, 0.6) is 0 Å². The Morgan fingerprint density at radius 2 is 2.00 bits per heavy atom. The van der Waals surface area contributed by atoms with E-state index in [4.69, 9.17) is 18.0 Å². The second kappa shape index (κ2) is 7.08. The molecule has 0 saturated carbocycles. The third-order valence-corrected chi connectivity index (χ3v) is 2.77. The van der Waals surface area contributed by atoms with Gasteiger partial charge in [0.1, 0.15) is 0 Å². The minimum Gasteiger partial charge on any atom is -0.375 e. The lowest BCUT2D eigenvalue weighted by molar-refractivity contribution is 0.354. The van der Waals surface area contributed by atoms with Crippen LogP contribution in [0.2, 0.25) is 0 Å². The molecule has 0 spiro atoms. The van der Waals surface area contributed by atoms with Gasteiger partial charge in [-0.2, -0.15) is 5.10 Å². The molecule has 1 rings (SSSR count). The Morgan fingerprint density at radius 3 is 2.44 bits per heavy atom. The fourth-order valence-electron chi connectivity index (χ4n) is 1.86. The van der Waals surface area contributed by atoms with Crippen molar-refractivity contribution in [3.63, 3.8) is 0 Å². The molecule has 3 N–H and O–H groups in total. The van der Waals surface area contributed by atoms with Crippen LogP contribution >= 0.6 is 12.2 Å². The molecule has 0 aromatic heterocycles. The Morgan fingerprint density at radius 1 is 1.39 bits per heavy atom. The van der Waals surface area contributed by atoms with E-state index in [0.717, 1.165) is 17.7 Å². The lowest BCUT2D eigenvalue weighted by atomic mass is 10.0. The van der Waals surface area contributed by atoms with Crippen molar-refractivity contribution in [1.29, 1.82) is 0 Å². The van der Waals surface area contributed by atoms with Gasteiger partial charge in [0.05, 0.1) is 11.8 Å². The number of rotatable bonds is 5. The van der Waals surface area contributed by atoms with Crippen molar-refractivity contribution in [3.8, 4) is 0 Å². The van der Waals surface area contributed by atoms with Crippen molar-refractivity contribution >= 4 is 23.0 Å². The quantitative estimate of drug-likeness (QED) is 0.481. The molecule has 98 valence electrons. The van der Waals surface area contributed by atoms with Crippen LogP contribution in [0.25, 0.3) is 0 Å². The zero-order chi connectivity index (χ0) is 13.5. The van der Waals surface area contributed by atoms with Crippen molar-refractivity contribution < 1.29 is 0 Å². The molecule has 0 aliphatic heterocycles. The number of nitrogens with two attached hydrogens (primary N) is 1. The molecule has 1 unspecified atom stereocenters. The normalized spacial score (nSPS) is 13.4. The van der Waals surface area contributed by atoms with E-state index in [-0.39, 0.29) is 11.2 Å². The molecule has 4 nitrogen and oxygen atoms in total. The van der Waals surface area contributed by atoms with Gasteiger partial charge in [-0.3, -0.25) is 5.43 Å². The average Bonchev–Trinajstić information content (AvgIpc) is 2.34. The summed E-state index contributed by atoms with van der Waals surface area (Å²) < 4.78 is 0. The molecule has 0 fully saturated rings. The Balaban J connectivity index is 3.09. The van der Waals surface area contributed by atoms with Crippen LogP contribution in [-0.4, -0.2) is 35.9 Å². The molecule has 0 heterocycles. The van der Waals surface area contributed by atoms with Gasteiger partial charge < -0.3 is 10.6 Å². The highest BCUT2D eigenvalue weighted by atomic mass is 32.1. The van der Waals surface area contributed by atoms with E-state index >= 15 is 0 Å². The minimum absolute atomic E-state index is 0.178. The maximum Gasteiger partial charge on any atom is 0.184 e. The first-order chi connectivity index (χ1) is 8.56. The van der Waals surface area contributed by atoms with Crippen LogP contribution < -0.4 is 11.2 Å². The van der Waals surface area contributed by atoms with E-state index in [1.807, 2.05) is 44.4 Å². The van der Waals surface area contributed by atoms with Gasteiger partial charge in [-0.25, -0.2) is 0 Å². The molecule has 0 saturated heterocycles.